The van der Waals surface area contributed by atoms with E-state index in [9.17, 15) is 13.6 Å². The Labute approximate surface area is 215 Å². The molecular weight excluding hydrogens is 504 g/mol. The maximum atomic E-state index is 13.9. The van der Waals surface area contributed by atoms with Gasteiger partial charge in [0.2, 0.25) is 0 Å². The normalized spacial score (nSPS) is 15.2. The molecule has 0 aliphatic carbocycles. The van der Waals surface area contributed by atoms with E-state index in [1.54, 1.807) is 37.5 Å². The summed E-state index contributed by atoms with van der Waals surface area (Å²) < 4.78 is 39.5. The lowest BCUT2D eigenvalue weighted by atomic mass is 10.1. The predicted molar refractivity (Wildman–Crippen MR) is 132 cm³/mol. The first-order valence-corrected chi connectivity index (χ1v) is 11.9. The van der Waals surface area contributed by atoms with E-state index in [2.05, 4.69) is 19.9 Å². The van der Waals surface area contributed by atoms with Crippen molar-refractivity contribution in [2.45, 2.75) is 32.8 Å². The molecule has 0 N–H and O–H groups in total. The molecule has 37 heavy (non-hydrogen) atoms. The van der Waals surface area contributed by atoms with E-state index in [0.29, 0.717) is 47.9 Å². The molecule has 1 atom stereocenters. The van der Waals surface area contributed by atoms with Crippen molar-refractivity contribution in [1.29, 1.82) is 0 Å². The van der Waals surface area contributed by atoms with Gasteiger partial charge >= 0.3 is 0 Å². The summed E-state index contributed by atoms with van der Waals surface area (Å²) in [6.45, 7) is 4.50. The van der Waals surface area contributed by atoms with Crippen molar-refractivity contribution in [1.82, 2.24) is 24.5 Å². The maximum Gasteiger partial charge on any atom is 0.277 e. The molecule has 1 aliphatic rings. The smallest absolute Gasteiger partial charge is 0.277 e. The lowest BCUT2D eigenvalue weighted by Gasteiger charge is -2.17. The van der Waals surface area contributed by atoms with Gasteiger partial charge in [0.15, 0.2) is 5.82 Å². The first kappa shape index (κ1) is 24.9. The fraction of sp³-hybridized carbons (Fsp3) is 0.269. The highest BCUT2D eigenvalue weighted by molar-refractivity contribution is 6.31. The average molecular weight is 526 g/mol. The Balaban J connectivity index is 1.48. The Morgan fingerprint density at radius 2 is 1.97 bits per heavy atom. The number of hydrogen-bond acceptors (Lipinski definition) is 7. The van der Waals surface area contributed by atoms with E-state index in [0.717, 1.165) is 18.2 Å². The molecule has 1 fully saturated rings. The zero-order valence-corrected chi connectivity index (χ0v) is 20.8. The fourth-order valence-corrected chi connectivity index (χ4v) is 4.32. The van der Waals surface area contributed by atoms with E-state index < -0.39 is 17.2 Å². The Morgan fingerprint density at radius 3 is 2.73 bits per heavy atom. The van der Waals surface area contributed by atoms with Gasteiger partial charge in [-0.2, -0.15) is 0 Å². The van der Waals surface area contributed by atoms with Crippen molar-refractivity contribution in [3.8, 4) is 22.8 Å². The van der Waals surface area contributed by atoms with Gasteiger partial charge < -0.3 is 9.47 Å². The van der Waals surface area contributed by atoms with Gasteiger partial charge in [0.05, 0.1) is 29.9 Å². The molecule has 4 aromatic rings. The highest BCUT2D eigenvalue weighted by Gasteiger charge is 2.22. The third kappa shape index (κ3) is 5.07. The van der Waals surface area contributed by atoms with E-state index in [-0.39, 0.29) is 29.0 Å². The standard InChI is InChI=1S/C26H22ClF2N5O3/c1-14-10-31-20(19-3-5-30-25(33-19)16-4-6-36-12-16)9-22(14)34-15(2)7-23(24(27)26(34)35)37-13-21-18(29)8-17(28)11-32-21/h3,5,7-11,16H,4,6,12-13H2,1-2H3. The highest BCUT2D eigenvalue weighted by atomic mass is 35.5. The van der Waals surface area contributed by atoms with Gasteiger partial charge in [-0.3, -0.25) is 19.3 Å². The van der Waals surface area contributed by atoms with Crippen LogP contribution in [0.3, 0.4) is 0 Å². The number of nitrogens with zero attached hydrogens (tertiary/aromatic N) is 5. The van der Waals surface area contributed by atoms with Crippen molar-refractivity contribution < 1.29 is 18.3 Å². The molecule has 0 radical (unpaired) electrons. The van der Waals surface area contributed by atoms with Crippen LogP contribution in [0.4, 0.5) is 8.78 Å². The van der Waals surface area contributed by atoms with Crippen molar-refractivity contribution in [3.05, 3.63) is 92.6 Å². The average Bonchev–Trinajstić information content (AvgIpc) is 3.43. The zero-order valence-electron chi connectivity index (χ0n) is 20.0. The van der Waals surface area contributed by atoms with Gasteiger partial charge in [-0.05, 0) is 38.0 Å². The summed E-state index contributed by atoms with van der Waals surface area (Å²) in [4.78, 5) is 30.6. The van der Waals surface area contributed by atoms with E-state index >= 15 is 0 Å². The Bertz CT molecular complexity index is 1540. The van der Waals surface area contributed by atoms with Gasteiger partial charge in [-0.25, -0.2) is 18.7 Å². The van der Waals surface area contributed by atoms with Crippen molar-refractivity contribution >= 4 is 11.6 Å². The maximum absolute atomic E-state index is 13.9. The first-order valence-electron chi connectivity index (χ1n) is 11.5. The summed E-state index contributed by atoms with van der Waals surface area (Å²) in [7, 11) is 0. The van der Waals surface area contributed by atoms with Crippen molar-refractivity contribution in [3.63, 3.8) is 0 Å². The first-order chi connectivity index (χ1) is 17.8. The topological polar surface area (TPSA) is 92.0 Å². The molecule has 1 aliphatic heterocycles. The molecule has 5 heterocycles. The molecule has 1 unspecified atom stereocenters. The molecule has 0 saturated carbocycles. The number of ether oxygens (including phenoxy) is 2. The predicted octanol–water partition coefficient (Wildman–Crippen LogP) is 4.72. The molecule has 0 spiro atoms. The van der Waals surface area contributed by atoms with Crippen LogP contribution in [-0.2, 0) is 11.3 Å². The molecule has 4 aromatic heterocycles. The van der Waals surface area contributed by atoms with Crippen LogP contribution in [0.2, 0.25) is 5.02 Å². The second-order valence-electron chi connectivity index (χ2n) is 8.69. The van der Waals surface area contributed by atoms with Crippen LogP contribution >= 0.6 is 11.6 Å². The van der Waals surface area contributed by atoms with Crippen molar-refractivity contribution in [2.75, 3.05) is 13.2 Å². The minimum Gasteiger partial charge on any atom is -0.485 e. The second kappa shape index (κ2) is 10.3. The summed E-state index contributed by atoms with van der Waals surface area (Å²) in [5, 5.41) is -0.184. The molecular formula is C26H22ClF2N5O3. The minimum atomic E-state index is -0.852. The number of aromatic nitrogens is 5. The number of hydrogen-bond donors (Lipinski definition) is 0. The van der Waals surface area contributed by atoms with E-state index in [1.807, 2.05) is 6.92 Å². The molecule has 0 aromatic carbocycles. The molecule has 0 amide bonds. The third-order valence-corrected chi connectivity index (χ3v) is 6.44. The highest BCUT2D eigenvalue weighted by Crippen LogP contribution is 2.28. The Hall–Kier alpha value is -3.76. The lowest BCUT2D eigenvalue weighted by Crippen LogP contribution is -2.23. The fourth-order valence-electron chi connectivity index (χ4n) is 4.13. The second-order valence-corrected chi connectivity index (χ2v) is 9.07. The van der Waals surface area contributed by atoms with Crippen LogP contribution in [0.15, 0.2) is 47.7 Å². The van der Waals surface area contributed by atoms with Gasteiger partial charge in [-0.15, -0.1) is 0 Å². The third-order valence-electron chi connectivity index (χ3n) is 6.10. The Morgan fingerprint density at radius 1 is 1.14 bits per heavy atom. The van der Waals surface area contributed by atoms with Crippen LogP contribution in [-0.4, -0.2) is 37.7 Å². The van der Waals surface area contributed by atoms with Gasteiger partial charge in [0.25, 0.3) is 5.56 Å². The largest absolute Gasteiger partial charge is 0.485 e. The summed E-state index contributed by atoms with van der Waals surface area (Å²) in [5.41, 5.74) is 2.43. The van der Waals surface area contributed by atoms with E-state index in [1.165, 1.54) is 4.57 Å². The molecule has 1 saturated heterocycles. The zero-order chi connectivity index (χ0) is 26.1. The number of rotatable bonds is 6. The van der Waals surface area contributed by atoms with Crippen LogP contribution in [0, 0.1) is 25.5 Å². The van der Waals surface area contributed by atoms with Crippen LogP contribution in [0.1, 0.15) is 35.1 Å². The van der Waals surface area contributed by atoms with Crippen LogP contribution in [0.5, 0.6) is 5.75 Å². The number of aryl methyl sites for hydroxylation is 2. The van der Waals surface area contributed by atoms with E-state index in [4.69, 9.17) is 21.1 Å². The summed E-state index contributed by atoms with van der Waals surface area (Å²) in [6, 6.07) is 5.83. The quantitative estimate of drug-likeness (QED) is 0.360. The molecule has 5 rings (SSSR count). The monoisotopic (exact) mass is 525 g/mol. The Kier molecular flexibility index (Phi) is 6.94. The number of halogens is 3. The number of pyridine rings is 3. The van der Waals surface area contributed by atoms with Gasteiger partial charge in [0, 0.05) is 42.7 Å². The minimum absolute atomic E-state index is 0.0668. The van der Waals surface area contributed by atoms with Crippen LogP contribution < -0.4 is 10.3 Å². The summed E-state index contributed by atoms with van der Waals surface area (Å²) in [6.07, 6.45) is 5.11. The lowest BCUT2D eigenvalue weighted by molar-refractivity contribution is 0.193. The van der Waals surface area contributed by atoms with Crippen LogP contribution in [0.25, 0.3) is 17.1 Å². The van der Waals surface area contributed by atoms with Crippen molar-refractivity contribution in [2.24, 2.45) is 0 Å². The van der Waals surface area contributed by atoms with Gasteiger partial charge in [-0.1, -0.05) is 11.6 Å². The molecule has 190 valence electrons. The van der Waals surface area contributed by atoms with Gasteiger partial charge in [0.1, 0.15) is 34.7 Å². The summed E-state index contributed by atoms with van der Waals surface area (Å²) >= 11 is 6.37. The molecule has 0 bridgehead atoms. The summed E-state index contributed by atoms with van der Waals surface area (Å²) in [5.74, 6) is -0.745. The molecule has 11 heteroatoms. The SMILES string of the molecule is Cc1cnc(-c2ccnc(C3CCOC3)n2)cc1-n1c(C)cc(OCc2ncc(F)cc2F)c(Cl)c1=O. The molecule has 8 nitrogen and oxygen atoms in total.